The monoisotopic (exact) mass is 332 g/mol. The fourth-order valence-corrected chi connectivity index (χ4v) is 2.61. The summed E-state index contributed by atoms with van der Waals surface area (Å²) in [5.41, 5.74) is 1.12. The van der Waals surface area contributed by atoms with Crippen molar-refractivity contribution in [2.75, 3.05) is 30.9 Å². The summed E-state index contributed by atoms with van der Waals surface area (Å²) in [4.78, 5) is 8.10. The van der Waals surface area contributed by atoms with Crippen LogP contribution in [-0.4, -0.2) is 42.4 Å². The van der Waals surface area contributed by atoms with E-state index in [9.17, 15) is 4.39 Å². The number of hydrogen-bond donors (Lipinski definition) is 2. The minimum atomic E-state index is -0.486. The summed E-state index contributed by atoms with van der Waals surface area (Å²) in [6.45, 7) is 1.69. The molecule has 128 valence electrons. The summed E-state index contributed by atoms with van der Waals surface area (Å²) < 4.78 is 25.0. The third-order valence-electron chi connectivity index (χ3n) is 3.90. The van der Waals surface area contributed by atoms with Crippen molar-refractivity contribution in [3.63, 3.8) is 0 Å². The number of rotatable bonds is 6. The van der Waals surface area contributed by atoms with Crippen molar-refractivity contribution in [3.05, 3.63) is 47.9 Å². The number of ether oxygens (including phenoxy) is 2. The van der Waals surface area contributed by atoms with Crippen LogP contribution in [0.2, 0.25) is 0 Å². The van der Waals surface area contributed by atoms with E-state index in [0.29, 0.717) is 25.8 Å². The van der Waals surface area contributed by atoms with Gasteiger partial charge in [0.1, 0.15) is 0 Å². The van der Waals surface area contributed by atoms with E-state index in [1.165, 1.54) is 0 Å². The third kappa shape index (κ3) is 4.18. The molecule has 0 amide bonds. The minimum absolute atomic E-state index is 0.0226. The number of aromatic nitrogens is 2. The molecule has 0 unspecified atom stereocenters. The summed E-state index contributed by atoms with van der Waals surface area (Å²) in [5.74, 6) is 0.0235. The highest BCUT2D eigenvalue weighted by Gasteiger charge is 2.27. The second-order valence-corrected chi connectivity index (χ2v) is 5.59. The Labute approximate surface area is 140 Å². The van der Waals surface area contributed by atoms with Crippen LogP contribution in [0, 0.1) is 5.82 Å². The zero-order valence-electron chi connectivity index (χ0n) is 13.5. The van der Waals surface area contributed by atoms with Crippen LogP contribution in [-0.2, 0) is 16.1 Å². The van der Waals surface area contributed by atoms with Gasteiger partial charge in [-0.25, -0.2) is 9.37 Å². The summed E-state index contributed by atoms with van der Waals surface area (Å²) in [7, 11) is 1.62. The van der Waals surface area contributed by atoms with E-state index in [-0.39, 0.29) is 18.0 Å². The fraction of sp³-hybridized carbons (Fsp3) is 0.412. The van der Waals surface area contributed by atoms with Crippen molar-refractivity contribution in [1.82, 2.24) is 9.97 Å². The summed E-state index contributed by atoms with van der Waals surface area (Å²) in [5, 5.41) is 5.89. The molecule has 0 bridgehead atoms. The smallest absolute Gasteiger partial charge is 0.225 e. The predicted molar refractivity (Wildman–Crippen MR) is 89.4 cm³/mol. The lowest BCUT2D eigenvalue weighted by molar-refractivity contribution is -0.0479. The number of halogens is 1. The number of hydrogen-bond acceptors (Lipinski definition) is 6. The maximum absolute atomic E-state index is 13.5. The van der Waals surface area contributed by atoms with Crippen LogP contribution in [0.3, 0.4) is 0 Å². The Kier molecular flexibility index (Phi) is 5.55. The number of nitrogens with one attached hydrogen (secondary N) is 2. The Bertz CT molecular complexity index is 656. The van der Waals surface area contributed by atoms with Gasteiger partial charge in [0.2, 0.25) is 5.95 Å². The lowest BCUT2D eigenvalue weighted by atomic mass is 10.1. The molecule has 7 heteroatoms. The van der Waals surface area contributed by atoms with E-state index in [1.807, 2.05) is 30.3 Å². The summed E-state index contributed by atoms with van der Waals surface area (Å²) >= 11 is 0. The maximum atomic E-state index is 13.5. The van der Waals surface area contributed by atoms with Crippen LogP contribution in [0.1, 0.15) is 12.0 Å². The molecule has 1 saturated heterocycles. The first-order chi connectivity index (χ1) is 11.8. The van der Waals surface area contributed by atoms with E-state index in [0.717, 1.165) is 18.2 Å². The maximum Gasteiger partial charge on any atom is 0.225 e. The molecule has 2 atom stereocenters. The average Bonchev–Trinajstić information content (AvgIpc) is 2.63. The highest BCUT2D eigenvalue weighted by atomic mass is 19.1. The first-order valence-electron chi connectivity index (χ1n) is 7.96. The first-order valence-corrected chi connectivity index (χ1v) is 7.96. The summed E-state index contributed by atoms with van der Waals surface area (Å²) in [6, 6.07) is 9.94. The van der Waals surface area contributed by atoms with Gasteiger partial charge < -0.3 is 20.1 Å². The average molecular weight is 332 g/mol. The Balaban J connectivity index is 1.64. The molecule has 1 aromatic carbocycles. The van der Waals surface area contributed by atoms with Crippen molar-refractivity contribution in [2.24, 2.45) is 0 Å². The van der Waals surface area contributed by atoms with Gasteiger partial charge in [-0.3, -0.25) is 0 Å². The molecule has 1 aliphatic heterocycles. The zero-order valence-corrected chi connectivity index (χ0v) is 13.5. The molecule has 6 nitrogen and oxygen atoms in total. The highest BCUT2D eigenvalue weighted by molar-refractivity contribution is 5.41. The van der Waals surface area contributed by atoms with Crippen LogP contribution in [0.25, 0.3) is 0 Å². The normalized spacial score (nSPS) is 20.6. The molecule has 2 aromatic rings. The molecule has 0 aliphatic carbocycles. The van der Waals surface area contributed by atoms with Gasteiger partial charge in [-0.15, -0.1) is 0 Å². The van der Waals surface area contributed by atoms with Gasteiger partial charge in [0.25, 0.3) is 0 Å². The van der Waals surface area contributed by atoms with Crippen molar-refractivity contribution in [2.45, 2.75) is 25.2 Å². The topological polar surface area (TPSA) is 68.3 Å². The standard InChI is InChI=1S/C17H21FN4O2/c1-19-16-13(18)9-20-17(22-16)21-14-11-23-8-7-15(14)24-10-12-5-3-2-4-6-12/h2-6,9,14-15H,7-8,10-11H2,1H3,(H2,19,20,21,22)/t14-,15+/m1/s1. The molecule has 3 rings (SSSR count). The van der Waals surface area contributed by atoms with E-state index >= 15 is 0 Å². The molecular formula is C17H21FN4O2. The molecule has 0 radical (unpaired) electrons. The van der Waals surface area contributed by atoms with Gasteiger partial charge in [-0.05, 0) is 12.0 Å². The van der Waals surface area contributed by atoms with Gasteiger partial charge in [-0.2, -0.15) is 4.98 Å². The van der Waals surface area contributed by atoms with Gasteiger partial charge in [0, 0.05) is 13.7 Å². The van der Waals surface area contributed by atoms with Crippen molar-refractivity contribution in [3.8, 4) is 0 Å². The molecule has 1 fully saturated rings. The Morgan fingerprint density at radius 1 is 1.33 bits per heavy atom. The molecular weight excluding hydrogens is 311 g/mol. The molecule has 1 aliphatic rings. The SMILES string of the molecule is CNc1nc(N[C@@H]2COCC[C@@H]2OCc2ccccc2)ncc1F. The van der Waals surface area contributed by atoms with Crippen molar-refractivity contribution >= 4 is 11.8 Å². The van der Waals surface area contributed by atoms with Crippen molar-refractivity contribution in [1.29, 1.82) is 0 Å². The molecule has 1 aromatic heterocycles. The molecule has 2 N–H and O–H groups in total. The first kappa shape index (κ1) is 16.6. The lowest BCUT2D eigenvalue weighted by Crippen LogP contribution is -2.44. The van der Waals surface area contributed by atoms with Crippen LogP contribution >= 0.6 is 0 Å². The number of nitrogens with zero attached hydrogens (tertiary/aromatic N) is 2. The van der Waals surface area contributed by atoms with Gasteiger partial charge in [0.05, 0.1) is 31.6 Å². The highest BCUT2D eigenvalue weighted by Crippen LogP contribution is 2.18. The third-order valence-corrected chi connectivity index (χ3v) is 3.90. The zero-order chi connectivity index (χ0) is 16.8. The molecule has 24 heavy (non-hydrogen) atoms. The Morgan fingerprint density at radius 2 is 2.17 bits per heavy atom. The van der Waals surface area contributed by atoms with Crippen molar-refractivity contribution < 1.29 is 13.9 Å². The second-order valence-electron chi connectivity index (χ2n) is 5.59. The molecule has 2 heterocycles. The minimum Gasteiger partial charge on any atom is -0.379 e. The number of anilines is 2. The predicted octanol–water partition coefficient (Wildman–Crippen LogP) is 2.44. The van der Waals surface area contributed by atoms with Gasteiger partial charge >= 0.3 is 0 Å². The second kappa shape index (κ2) is 8.03. The fourth-order valence-electron chi connectivity index (χ4n) is 2.61. The van der Waals surface area contributed by atoms with E-state index < -0.39 is 5.82 Å². The van der Waals surface area contributed by atoms with Crippen LogP contribution in [0.5, 0.6) is 0 Å². The van der Waals surface area contributed by atoms with E-state index in [1.54, 1.807) is 7.05 Å². The lowest BCUT2D eigenvalue weighted by Gasteiger charge is -2.32. The Morgan fingerprint density at radius 3 is 2.96 bits per heavy atom. The van der Waals surface area contributed by atoms with E-state index in [2.05, 4.69) is 20.6 Å². The van der Waals surface area contributed by atoms with Gasteiger partial charge in [-0.1, -0.05) is 30.3 Å². The largest absolute Gasteiger partial charge is 0.379 e. The van der Waals surface area contributed by atoms with Crippen LogP contribution in [0.15, 0.2) is 36.5 Å². The van der Waals surface area contributed by atoms with E-state index in [4.69, 9.17) is 9.47 Å². The number of benzene rings is 1. The molecule has 0 spiro atoms. The van der Waals surface area contributed by atoms with Gasteiger partial charge in [0.15, 0.2) is 11.6 Å². The van der Waals surface area contributed by atoms with Crippen LogP contribution in [0.4, 0.5) is 16.2 Å². The molecule has 0 saturated carbocycles. The Hall–Kier alpha value is -2.25. The summed E-state index contributed by atoms with van der Waals surface area (Å²) in [6.07, 6.45) is 1.90. The quantitative estimate of drug-likeness (QED) is 0.847. The van der Waals surface area contributed by atoms with Crippen LogP contribution < -0.4 is 10.6 Å².